The second-order valence-electron chi connectivity index (χ2n) is 6.31. The van der Waals surface area contributed by atoms with Gasteiger partial charge in [0.25, 0.3) is 5.91 Å². The Labute approximate surface area is 131 Å². The lowest BCUT2D eigenvalue weighted by molar-refractivity contribution is -0.147. The number of amides is 1. The second kappa shape index (κ2) is 7.29. The van der Waals surface area contributed by atoms with E-state index in [9.17, 15) is 9.59 Å². The highest BCUT2D eigenvalue weighted by Gasteiger charge is 2.26. The van der Waals surface area contributed by atoms with Crippen LogP contribution in [0.1, 0.15) is 37.0 Å². The molecule has 22 heavy (non-hydrogen) atoms. The summed E-state index contributed by atoms with van der Waals surface area (Å²) in [6.07, 6.45) is 0.372. The Morgan fingerprint density at radius 2 is 1.73 bits per heavy atom. The first-order valence-electron chi connectivity index (χ1n) is 7.34. The predicted molar refractivity (Wildman–Crippen MR) is 85.2 cm³/mol. The number of hydrogen-bond acceptors (Lipinski definition) is 3. The minimum absolute atomic E-state index is 0.0712. The highest BCUT2D eigenvalue weighted by atomic mass is 16.5. The zero-order chi connectivity index (χ0) is 16.9. The fourth-order valence-corrected chi connectivity index (χ4v) is 2.20. The molecule has 0 aliphatic heterocycles. The van der Waals surface area contributed by atoms with Gasteiger partial charge in [0.1, 0.15) is 5.75 Å². The van der Waals surface area contributed by atoms with E-state index < -0.39 is 11.4 Å². The van der Waals surface area contributed by atoms with Crippen LogP contribution in [-0.2, 0) is 9.59 Å². The SMILES string of the molecule is Cc1cc(C)c(OCC(=O)NCCC(C)(C)C(=O)O)c(C)c1. The number of aryl methyl sites for hydroxylation is 3. The molecule has 0 aromatic heterocycles. The minimum atomic E-state index is -0.871. The van der Waals surface area contributed by atoms with E-state index in [1.807, 2.05) is 32.9 Å². The van der Waals surface area contributed by atoms with Gasteiger partial charge in [0, 0.05) is 6.54 Å². The van der Waals surface area contributed by atoms with Crippen LogP contribution in [0.5, 0.6) is 5.75 Å². The van der Waals surface area contributed by atoms with Crippen molar-refractivity contribution in [2.45, 2.75) is 41.0 Å². The van der Waals surface area contributed by atoms with Gasteiger partial charge in [-0.1, -0.05) is 17.7 Å². The van der Waals surface area contributed by atoms with E-state index in [-0.39, 0.29) is 12.5 Å². The number of rotatable bonds is 7. The van der Waals surface area contributed by atoms with Crippen LogP contribution in [0.25, 0.3) is 0 Å². The molecule has 1 aromatic rings. The molecule has 1 rings (SSSR count). The van der Waals surface area contributed by atoms with E-state index in [0.717, 1.165) is 22.4 Å². The molecule has 5 heteroatoms. The van der Waals surface area contributed by atoms with E-state index in [2.05, 4.69) is 5.32 Å². The summed E-state index contributed by atoms with van der Waals surface area (Å²) in [5, 5.41) is 11.7. The molecule has 0 radical (unpaired) electrons. The molecule has 0 bridgehead atoms. The molecule has 1 aromatic carbocycles. The zero-order valence-electron chi connectivity index (χ0n) is 13.9. The summed E-state index contributed by atoms with van der Waals surface area (Å²) in [6, 6.07) is 4.02. The Balaban J connectivity index is 2.46. The monoisotopic (exact) mass is 307 g/mol. The molecule has 1 amide bonds. The molecule has 0 aliphatic rings. The third-order valence-electron chi connectivity index (χ3n) is 3.60. The van der Waals surface area contributed by atoms with Crippen molar-refractivity contribution in [1.82, 2.24) is 5.32 Å². The van der Waals surface area contributed by atoms with Crippen molar-refractivity contribution in [2.24, 2.45) is 5.41 Å². The summed E-state index contributed by atoms with van der Waals surface area (Å²) in [5.74, 6) is -0.393. The Morgan fingerprint density at radius 1 is 1.18 bits per heavy atom. The molecular formula is C17H25NO4. The lowest BCUT2D eigenvalue weighted by Gasteiger charge is -2.19. The quantitative estimate of drug-likeness (QED) is 0.812. The molecule has 0 heterocycles. The third-order valence-corrected chi connectivity index (χ3v) is 3.60. The molecule has 0 saturated carbocycles. The minimum Gasteiger partial charge on any atom is -0.483 e. The molecule has 5 nitrogen and oxygen atoms in total. The van der Waals surface area contributed by atoms with Gasteiger partial charge in [-0.3, -0.25) is 9.59 Å². The van der Waals surface area contributed by atoms with Crippen molar-refractivity contribution in [3.05, 3.63) is 28.8 Å². The van der Waals surface area contributed by atoms with Crippen LogP contribution in [0.4, 0.5) is 0 Å². The molecule has 2 N–H and O–H groups in total. The van der Waals surface area contributed by atoms with Crippen molar-refractivity contribution in [2.75, 3.05) is 13.2 Å². The van der Waals surface area contributed by atoms with Crippen LogP contribution < -0.4 is 10.1 Å². The van der Waals surface area contributed by atoms with Crippen LogP contribution in [0.3, 0.4) is 0 Å². The topological polar surface area (TPSA) is 75.6 Å². The fourth-order valence-electron chi connectivity index (χ4n) is 2.20. The lowest BCUT2D eigenvalue weighted by atomic mass is 9.90. The van der Waals surface area contributed by atoms with Gasteiger partial charge < -0.3 is 15.2 Å². The summed E-state index contributed by atoms with van der Waals surface area (Å²) in [4.78, 5) is 22.8. The van der Waals surface area contributed by atoms with E-state index in [1.165, 1.54) is 0 Å². The van der Waals surface area contributed by atoms with Gasteiger partial charge in [-0.15, -0.1) is 0 Å². The van der Waals surface area contributed by atoms with Crippen molar-refractivity contribution in [3.63, 3.8) is 0 Å². The molecular weight excluding hydrogens is 282 g/mol. The fraction of sp³-hybridized carbons (Fsp3) is 0.529. The normalized spacial score (nSPS) is 11.1. The van der Waals surface area contributed by atoms with Gasteiger partial charge in [0.05, 0.1) is 5.41 Å². The third kappa shape index (κ3) is 5.06. The largest absolute Gasteiger partial charge is 0.483 e. The Kier molecular flexibility index (Phi) is 5.97. The first-order chi connectivity index (χ1) is 10.1. The maximum atomic E-state index is 11.8. The number of carboxylic acids is 1. The maximum absolute atomic E-state index is 11.8. The van der Waals surface area contributed by atoms with Crippen LogP contribution >= 0.6 is 0 Å². The number of benzene rings is 1. The summed E-state index contributed by atoms with van der Waals surface area (Å²) in [5.41, 5.74) is 2.30. The first kappa shape index (κ1) is 18.0. The second-order valence-corrected chi connectivity index (χ2v) is 6.31. The smallest absolute Gasteiger partial charge is 0.309 e. The van der Waals surface area contributed by atoms with E-state index in [0.29, 0.717) is 13.0 Å². The number of carbonyl (C=O) groups is 2. The van der Waals surface area contributed by atoms with Gasteiger partial charge in [-0.25, -0.2) is 0 Å². The van der Waals surface area contributed by atoms with Crippen molar-refractivity contribution >= 4 is 11.9 Å². The summed E-state index contributed by atoms with van der Waals surface area (Å²) < 4.78 is 5.59. The van der Waals surface area contributed by atoms with Crippen molar-refractivity contribution in [3.8, 4) is 5.75 Å². The summed E-state index contributed by atoms with van der Waals surface area (Å²) >= 11 is 0. The van der Waals surface area contributed by atoms with Crippen molar-refractivity contribution in [1.29, 1.82) is 0 Å². The van der Waals surface area contributed by atoms with Gasteiger partial charge in [-0.2, -0.15) is 0 Å². The van der Waals surface area contributed by atoms with Crippen molar-refractivity contribution < 1.29 is 19.4 Å². The first-order valence-corrected chi connectivity index (χ1v) is 7.34. The number of carboxylic acid groups (broad SMARTS) is 1. The molecule has 0 saturated heterocycles. The van der Waals surface area contributed by atoms with Crippen LogP contribution in [0, 0.1) is 26.2 Å². The van der Waals surface area contributed by atoms with E-state index >= 15 is 0 Å². The van der Waals surface area contributed by atoms with Gasteiger partial charge in [0.15, 0.2) is 6.61 Å². The van der Waals surface area contributed by atoms with Crippen LogP contribution in [0.2, 0.25) is 0 Å². The lowest BCUT2D eigenvalue weighted by Crippen LogP contribution is -2.34. The van der Waals surface area contributed by atoms with Gasteiger partial charge >= 0.3 is 5.97 Å². The van der Waals surface area contributed by atoms with Crippen LogP contribution in [0.15, 0.2) is 12.1 Å². The number of nitrogens with one attached hydrogen (secondary N) is 1. The number of carbonyl (C=O) groups excluding carboxylic acids is 1. The van der Waals surface area contributed by atoms with Gasteiger partial charge in [-0.05, 0) is 52.2 Å². The Bertz CT molecular complexity index is 541. The highest BCUT2D eigenvalue weighted by molar-refractivity contribution is 5.78. The number of aliphatic carboxylic acids is 1. The number of ether oxygens (including phenoxy) is 1. The summed E-state index contributed by atoms with van der Waals surface area (Å²) in [6.45, 7) is 9.42. The molecule has 0 atom stereocenters. The molecule has 0 spiro atoms. The summed E-state index contributed by atoms with van der Waals surface area (Å²) in [7, 11) is 0. The highest BCUT2D eigenvalue weighted by Crippen LogP contribution is 2.24. The van der Waals surface area contributed by atoms with Crippen LogP contribution in [-0.4, -0.2) is 30.1 Å². The van der Waals surface area contributed by atoms with E-state index in [4.69, 9.17) is 9.84 Å². The molecule has 122 valence electrons. The maximum Gasteiger partial charge on any atom is 0.309 e. The Morgan fingerprint density at radius 3 is 2.23 bits per heavy atom. The zero-order valence-corrected chi connectivity index (χ0v) is 13.9. The standard InChI is InChI=1S/C17H25NO4/c1-11-8-12(2)15(13(3)9-11)22-10-14(19)18-7-6-17(4,5)16(20)21/h8-9H,6-7,10H2,1-5H3,(H,18,19)(H,20,21). The number of hydrogen-bond donors (Lipinski definition) is 2. The predicted octanol–water partition coefficient (Wildman–Crippen LogP) is 2.61. The molecule has 0 aliphatic carbocycles. The average Bonchev–Trinajstić information content (AvgIpc) is 2.36. The molecule has 0 fully saturated rings. The average molecular weight is 307 g/mol. The van der Waals surface area contributed by atoms with E-state index in [1.54, 1.807) is 13.8 Å². The van der Waals surface area contributed by atoms with Gasteiger partial charge in [0.2, 0.25) is 0 Å². The molecule has 0 unspecified atom stereocenters. The Hall–Kier alpha value is -2.04.